The summed E-state index contributed by atoms with van der Waals surface area (Å²) in [5, 5.41) is 9.02. The summed E-state index contributed by atoms with van der Waals surface area (Å²) in [5.41, 5.74) is 0.259. The third-order valence-corrected chi connectivity index (χ3v) is 2.87. The molecule has 0 amide bonds. The van der Waals surface area contributed by atoms with Gasteiger partial charge >= 0.3 is 0 Å². The highest BCUT2D eigenvalue weighted by Gasteiger charge is 2.41. The Morgan fingerprint density at radius 3 is 1.69 bits per heavy atom. The van der Waals surface area contributed by atoms with Crippen LogP contribution in [0.1, 0.15) is 60.8 Å². The zero-order valence-corrected chi connectivity index (χ0v) is 10.1. The summed E-state index contributed by atoms with van der Waals surface area (Å²) in [5.74, 6) is 0.998. The Bertz CT molecular complexity index is 142. The van der Waals surface area contributed by atoms with E-state index in [1.807, 2.05) is 13.8 Å². The lowest BCUT2D eigenvalue weighted by molar-refractivity contribution is 0.0703. The van der Waals surface area contributed by atoms with E-state index in [2.05, 4.69) is 27.7 Å². The molecule has 1 unspecified atom stereocenters. The van der Waals surface area contributed by atoms with Crippen LogP contribution in [0.5, 0.6) is 0 Å². The number of hydrogen-bond donors (Lipinski definition) is 1. The van der Waals surface area contributed by atoms with E-state index in [0.717, 1.165) is 18.8 Å². The van der Waals surface area contributed by atoms with E-state index in [1.54, 1.807) is 0 Å². The highest BCUT2D eigenvalue weighted by molar-refractivity contribution is 4.91. The Kier molecular flexibility index (Phi) is 4.44. The van der Waals surface area contributed by atoms with Crippen LogP contribution in [0.2, 0.25) is 0 Å². The molecule has 0 aliphatic heterocycles. The van der Waals surface area contributed by atoms with Gasteiger partial charge in [-0.3, -0.25) is 0 Å². The van der Waals surface area contributed by atoms with Crippen LogP contribution in [0, 0.1) is 11.3 Å². The van der Waals surface area contributed by atoms with Crippen molar-refractivity contribution in [3.63, 3.8) is 0 Å². The van der Waals surface area contributed by atoms with Gasteiger partial charge in [0.1, 0.15) is 0 Å². The van der Waals surface area contributed by atoms with Gasteiger partial charge in [-0.25, -0.2) is 0 Å². The quantitative estimate of drug-likeness (QED) is 0.698. The fraction of sp³-hybridized carbons (Fsp3) is 1.00. The van der Waals surface area contributed by atoms with Crippen LogP contribution in [0.25, 0.3) is 0 Å². The lowest BCUT2D eigenvalue weighted by atomic mass is 10.0. The second-order valence-corrected chi connectivity index (χ2v) is 5.66. The second-order valence-electron chi connectivity index (χ2n) is 5.66. The van der Waals surface area contributed by atoms with Crippen molar-refractivity contribution in [1.29, 1.82) is 0 Å². The van der Waals surface area contributed by atoms with E-state index in [4.69, 9.17) is 5.11 Å². The molecule has 80 valence electrons. The summed E-state index contributed by atoms with van der Waals surface area (Å²) in [6.07, 6.45) is 3.39. The molecule has 0 aromatic rings. The molecule has 0 saturated heterocycles. The summed E-state index contributed by atoms with van der Waals surface area (Å²) >= 11 is 0. The molecule has 0 radical (unpaired) electrons. The Hall–Kier alpha value is -0.0400. The minimum atomic E-state index is -0.450. The molecule has 1 rings (SSSR count). The molecule has 1 fully saturated rings. The summed E-state index contributed by atoms with van der Waals surface area (Å²) < 4.78 is 0. The van der Waals surface area contributed by atoms with Gasteiger partial charge in [0.05, 0.1) is 5.60 Å². The largest absolute Gasteiger partial charge is 0.390 e. The Labute approximate surface area is 83.5 Å². The predicted molar refractivity (Wildman–Crippen MR) is 58.8 cm³/mol. The van der Waals surface area contributed by atoms with Crippen molar-refractivity contribution in [2.75, 3.05) is 0 Å². The monoisotopic (exact) mass is 186 g/mol. The predicted octanol–water partition coefficient (Wildman–Crippen LogP) is 3.61. The molecule has 1 saturated carbocycles. The van der Waals surface area contributed by atoms with Gasteiger partial charge in [-0.15, -0.1) is 0 Å². The smallest absolute Gasteiger partial charge is 0.0591 e. The minimum Gasteiger partial charge on any atom is -0.390 e. The van der Waals surface area contributed by atoms with Gasteiger partial charge < -0.3 is 5.11 Å². The van der Waals surface area contributed by atoms with Crippen LogP contribution in [0.15, 0.2) is 0 Å². The minimum absolute atomic E-state index is 0.450. The van der Waals surface area contributed by atoms with E-state index < -0.39 is 5.60 Å². The third-order valence-electron chi connectivity index (χ3n) is 2.87. The molecular weight excluding hydrogens is 160 g/mol. The van der Waals surface area contributed by atoms with Crippen molar-refractivity contribution in [2.24, 2.45) is 11.3 Å². The molecule has 1 aliphatic carbocycles. The SMILES string of the molecule is CC1CC1(C)C.CCCC(C)(C)O. The first kappa shape index (κ1) is 13.0. The molecule has 1 heteroatoms. The zero-order chi connectivity index (χ0) is 10.7. The second kappa shape index (κ2) is 4.45. The number of rotatable bonds is 2. The fourth-order valence-corrected chi connectivity index (χ4v) is 1.34. The topological polar surface area (TPSA) is 20.2 Å². The van der Waals surface area contributed by atoms with Crippen LogP contribution >= 0.6 is 0 Å². The number of aliphatic hydroxyl groups is 1. The van der Waals surface area contributed by atoms with Crippen LogP contribution in [0.4, 0.5) is 0 Å². The molecule has 0 aromatic heterocycles. The standard InChI is InChI=1S/C6H14O.C6H12/c1-4-5-6(2,3)7;1-5-4-6(5,2)3/h7H,4-5H2,1-3H3;5H,4H2,1-3H3. The van der Waals surface area contributed by atoms with Crippen LogP contribution in [-0.4, -0.2) is 10.7 Å². The summed E-state index contributed by atoms with van der Waals surface area (Å²) in [6.45, 7) is 12.7. The third kappa shape index (κ3) is 7.06. The average molecular weight is 186 g/mol. The summed E-state index contributed by atoms with van der Waals surface area (Å²) in [7, 11) is 0. The van der Waals surface area contributed by atoms with Crippen LogP contribution in [-0.2, 0) is 0 Å². The molecular formula is C12H26O. The maximum atomic E-state index is 9.02. The molecule has 13 heavy (non-hydrogen) atoms. The highest BCUT2D eigenvalue weighted by atomic mass is 16.3. The van der Waals surface area contributed by atoms with E-state index in [1.165, 1.54) is 6.42 Å². The number of hydrogen-bond acceptors (Lipinski definition) is 1. The van der Waals surface area contributed by atoms with E-state index in [-0.39, 0.29) is 0 Å². The molecule has 1 N–H and O–H groups in total. The zero-order valence-electron chi connectivity index (χ0n) is 10.1. The Morgan fingerprint density at radius 2 is 1.69 bits per heavy atom. The lowest BCUT2D eigenvalue weighted by Gasteiger charge is -2.14. The van der Waals surface area contributed by atoms with Gasteiger partial charge in [0.2, 0.25) is 0 Å². The van der Waals surface area contributed by atoms with Gasteiger partial charge in [0, 0.05) is 0 Å². The van der Waals surface area contributed by atoms with Gasteiger partial charge in [-0.2, -0.15) is 0 Å². The van der Waals surface area contributed by atoms with E-state index in [9.17, 15) is 0 Å². The fourth-order valence-electron chi connectivity index (χ4n) is 1.34. The van der Waals surface area contributed by atoms with E-state index >= 15 is 0 Å². The highest BCUT2D eigenvalue weighted by Crippen LogP contribution is 2.50. The van der Waals surface area contributed by atoms with Gasteiger partial charge in [-0.05, 0) is 38.0 Å². The maximum absolute atomic E-state index is 9.02. The maximum Gasteiger partial charge on any atom is 0.0591 e. The molecule has 0 heterocycles. The summed E-state index contributed by atoms with van der Waals surface area (Å²) in [6, 6.07) is 0. The van der Waals surface area contributed by atoms with Crippen LogP contribution < -0.4 is 0 Å². The van der Waals surface area contributed by atoms with Crippen molar-refractivity contribution in [2.45, 2.75) is 66.4 Å². The van der Waals surface area contributed by atoms with Crippen molar-refractivity contribution in [3.8, 4) is 0 Å². The molecule has 0 bridgehead atoms. The average Bonchev–Trinajstić information content (AvgIpc) is 2.34. The first-order valence-corrected chi connectivity index (χ1v) is 5.41. The molecule has 1 atom stereocenters. The van der Waals surface area contributed by atoms with Crippen molar-refractivity contribution in [1.82, 2.24) is 0 Å². The first-order chi connectivity index (χ1) is 5.69. The normalized spacial score (nSPS) is 24.7. The van der Waals surface area contributed by atoms with Gasteiger partial charge in [-0.1, -0.05) is 34.1 Å². The van der Waals surface area contributed by atoms with Crippen molar-refractivity contribution >= 4 is 0 Å². The van der Waals surface area contributed by atoms with Crippen molar-refractivity contribution in [3.05, 3.63) is 0 Å². The Morgan fingerprint density at radius 1 is 1.38 bits per heavy atom. The van der Waals surface area contributed by atoms with Gasteiger partial charge in [0.25, 0.3) is 0 Å². The molecule has 0 aromatic carbocycles. The molecule has 1 aliphatic rings. The van der Waals surface area contributed by atoms with Gasteiger partial charge in [0.15, 0.2) is 0 Å². The lowest BCUT2D eigenvalue weighted by Crippen LogP contribution is -2.16. The van der Waals surface area contributed by atoms with Crippen LogP contribution in [0.3, 0.4) is 0 Å². The van der Waals surface area contributed by atoms with E-state index in [0.29, 0.717) is 5.41 Å². The summed E-state index contributed by atoms with van der Waals surface area (Å²) in [4.78, 5) is 0. The Balaban J connectivity index is 0.000000223. The molecule has 0 spiro atoms. The van der Waals surface area contributed by atoms with Crippen molar-refractivity contribution < 1.29 is 5.11 Å². The molecule has 1 nitrogen and oxygen atoms in total. The first-order valence-electron chi connectivity index (χ1n) is 5.41.